The summed E-state index contributed by atoms with van der Waals surface area (Å²) in [6, 6.07) is 0. The Labute approximate surface area is 94.1 Å². The van der Waals surface area contributed by atoms with Crippen molar-refractivity contribution < 1.29 is 27.8 Å². The Bertz CT molecular complexity index is 323. The highest BCUT2D eigenvalue weighted by atomic mass is 31.2. The van der Waals surface area contributed by atoms with Gasteiger partial charge < -0.3 is 27.8 Å². The van der Waals surface area contributed by atoms with E-state index in [-0.39, 0.29) is 30.7 Å². The summed E-state index contributed by atoms with van der Waals surface area (Å²) in [6.07, 6.45) is -0.806. The first-order valence-corrected chi connectivity index (χ1v) is 6.50. The van der Waals surface area contributed by atoms with Crippen molar-refractivity contribution in [1.29, 1.82) is 0 Å². The van der Waals surface area contributed by atoms with E-state index in [0.717, 1.165) is 0 Å². The number of ether oxygens (including phenoxy) is 3. The molecular formula is C9H13O6P. The number of hydrogen-bond acceptors (Lipinski definition) is 6. The maximum atomic E-state index is 5.79. The molecule has 0 spiro atoms. The van der Waals surface area contributed by atoms with Crippen molar-refractivity contribution in [2.24, 2.45) is 0 Å². The maximum Gasteiger partial charge on any atom is 0.333 e. The molecule has 7 heteroatoms. The molecule has 4 aliphatic rings. The zero-order chi connectivity index (χ0) is 10.9. The molecule has 4 saturated heterocycles. The Balaban J connectivity index is 1.60. The number of fused-ring (bicyclic) bond motifs is 6. The van der Waals surface area contributed by atoms with Crippen molar-refractivity contribution in [2.75, 3.05) is 6.61 Å². The zero-order valence-corrected chi connectivity index (χ0v) is 9.88. The largest absolute Gasteiger partial charge is 0.341 e. The Kier molecular flexibility index (Phi) is 1.99. The van der Waals surface area contributed by atoms with Crippen LogP contribution in [0.3, 0.4) is 0 Å². The lowest BCUT2D eigenvalue weighted by Crippen LogP contribution is -2.44. The van der Waals surface area contributed by atoms with Gasteiger partial charge in [0, 0.05) is 0 Å². The van der Waals surface area contributed by atoms with Crippen LogP contribution in [0.2, 0.25) is 0 Å². The molecule has 6 nitrogen and oxygen atoms in total. The maximum absolute atomic E-state index is 5.79. The predicted molar refractivity (Wildman–Crippen MR) is 51.3 cm³/mol. The molecule has 16 heavy (non-hydrogen) atoms. The highest BCUT2D eigenvalue weighted by molar-refractivity contribution is 7.42. The van der Waals surface area contributed by atoms with Gasteiger partial charge in [0.05, 0.1) is 6.61 Å². The minimum atomic E-state index is -1.20. The van der Waals surface area contributed by atoms with Crippen LogP contribution < -0.4 is 0 Å². The summed E-state index contributed by atoms with van der Waals surface area (Å²) in [5.74, 6) is -0.602. The second kappa shape index (κ2) is 3.14. The van der Waals surface area contributed by atoms with E-state index in [1.54, 1.807) is 0 Å². The average Bonchev–Trinajstić information content (AvgIpc) is 2.80. The first-order chi connectivity index (χ1) is 7.62. The highest BCUT2D eigenvalue weighted by Crippen LogP contribution is 2.57. The fourth-order valence-electron chi connectivity index (χ4n) is 2.54. The van der Waals surface area contributed by atoms with Gasteiger partial charge in [-0.3, -0.25) is 0 Å². The molecule has 0 saturated carbocycles. The zero-order valence-electron chi connectivity index (χ0n) is 8.99. The molecule has 0 aromatic heterocycles. The molecule has 90 valence electrons. The van der Waals surface area contributed by atoms with Crippen molar-refractivity contribution in [1.82, 2.24) is 0 Å². The third-order valence-corrected chi connectivity index (χ3v) is 4.39. The monoisotopic (exact) mass is 248 g/mol. The van der Waals surface area contributed by atoms with Gasteiger partial charge in [-0.05, 0) is 13.8 Å². The molecule has 0 N–H and O–H groups in total. The van der Waals surface area contributed by atoms with Crippen LogP contribution in [0, 0.1) is 0 Å². The van der Waals surface area contributed by atoms with Crippen molar-refractivity contribution in [2.45, 2.75) is 50.3 Å². The van der Waals surface area contributed by atoms with Gasteiger partial charge in [0.15, 0.2) is 12.1 Å². The van der Waals surface area contributed by atoms with Crippen molar-refractivity contribution in [3.8, 4) is 0 Å². The van der Waals surface area contributed by atoms with E-state index in [1.165, 1.54) is 0 Å². The summed E-state index contributed by atoms with van der Waals surface area (Å²) >= 11 is 0. The molecule has 0 amide bonds. The fourth-order valence-corrected chi connectivity index (χ4v) is 3.82. The predicted octanol–water partition coefficient (Wildman–Crippen LogP) is 0.904. The summed E-state index contributed by atoms with van der Waals surface area (Å²) in [5.41, 5.74) is 0. The van der Waals surface area contributed by atoms with E-state index in [2.05, 4.69) is 0 Å². The van der Waals surface area contributed by atoms with Crippen LogP contribution in [0.15, 0.2) is 0 Å². The van der Waals surface area contributed by atoms with E-state index in [4.69, 9.17) is 27.8 Å². The smallest absolute Gasteiger partial charge is 0.333 e. The van der Waals surface area contributed by atoms with Gasteiger partial charge in [0.2, 0.25) is 0 Å². The molecule has 4 aliphatic heterocycles. The molecule has 0 radical (unpaired) electrons. The quantitative estimate of drug-likeness (QED) is 0.594. The average molecular weight is 248 g/mol. The van der Waals surface area contributed by atoms with Gasteiger partial charge in [0.25, 0.3) is 0 Å². The molecule has 2 unspecified atom stereocenters. The van der Waals surface area contributed by atoms with Gasteiger partial charge >= 0.3 is 8.60 Å². The van der Waals surface area contributed by atoms with Crippen LogP contribution in [0.25, 0.3) is 0 Å². The minimum Gasteiger partial charge on any atom is -0.341 e. The van der Waals surface area contributed by atoms with E-state index in [0.29, 0.717) is 6.61 Å². The topological polar surface area (TPSA) is 55.4 Å². The van der Waals surface area contributed by atoms with Crippen LogP contribution in [-0.4, -0.2) is 43.1 Å². The second-order valence-electron chi connectivity index (χ2n) is 4.80. The molecule has 6 atom stereocenters. The van der Waals surface area contributed by atoms with Gasteiger partial charge in [-0.25, -0.2) is 0 Å². The first-order valence-electron chi connectivity index (χ1n) is 5.40. The lowest BCUT2D eigenvalue weighted by molar-refractivity contribution is -0.224. The van der Waals surface area contributed by atoms with Crippen molar-refractivity contribution >= 4 is 8.60 Å². The third kappa shape index (κ3) is 1.32. The molecule has 4 heterocycles. The summed E-state index contributed by atoms with van der Waals surface area (Å²) in [6.45, 7) is 4.29. The molecule has 0 aromatic carbocycles. The molecule has 4 fully saturated rings. The van der Waals surface area contributed by atoms with E-state index in [1.807, 2.05) is 13.8 Å². The number of rotatable bonds is 0. The first kappa shape index (κ1) is 10.1. The Morgan fingerprint density at radius 1 is 1.06 bits per heavy atom. The Morgan fingerprint density at radius 3 is 2.81 bits per heavy atom. The van der Waals surface area contributed by atoms with Crippen LogP contribution in [0.4, 0.5) is 0 Å². The summed E-state index contributed by atoms with van der Waals surface area (Å²) in [5, 5.41) is 0. The minimum absolute atomic E-state index is 0.0363. The lowest BCUT2D eigenvalue weighted by Gasteiger charge is -2.31. The standard InChI is InChI=1S/C9H13O6P/c1-9(2)12-7-6-5(11-8(7)13-9)4-3-10-16(14-4)15-6/h4-8H,3H2,1-2H3/t4?,5-,6+,7-,8-,16?/m1/s1. The third-order valence-electron chi connectivity index (χ3n) is 3.17. The van der Waals surface area contributed by atoms with Gasteiger partial charge in [0.1, 0.15) is 24.4 Å². The van der Waals surface area contributed by atoms with E-state index in [9.17, 15) is 0 Å². The molecule has 2 bridgehead atoms. The molecule has 0 aromatic rings. The molecular weight excluding hydrogens is 235 g/mol. The molecule has 0 aliphatic carbocycles. The lowest BCUT2D eigenvalue weighted by atomic mass is 10.1. The fraction of sp³-hybridized carbons (Fsp3) is 1.00. The number of hydrogen-bond donors (Lipinski definition) is 0. The Hall–Kier alpha value is 0.190. The van der Waals surface area contributed by atoms with Crippen molar-refractivity contribution in [3.63, 3.8) is 0 Å². The van der Waals surface area contributed by atoms with E-state index < -0.39 is 14.4 Å². The van der Waals surface area contributed by atoms with Crippen LogP contribution in [-0.2, 0) is 27.8 Å². The van der Waals surface area contributed by atoms with Crippen LogP contribution in [0.5, 0.6) is 0 Å². The SMILES string of the molecule is CC1(C)O[C@H]2O[C@@H]3C4COP(O4)O[C@@H]3[C@H]2O1. The van der Waals surface area contributed by atoms with E-state index >= 15 is 0 Å². The van der Waals surface area contributed by atoms with Crippen LogP contribution in [0.1, 0.15) is 13.8 Å². The highest BCUT2D eigenvalue weighted by Gasteiger charge is 2.62. The summed E-state index contributed by atoms with van der Waals surface area (Å²) in [7, 11) is -1.20. The van der Waals surface area contributed by atoms with Crippen molar-refractivity contribution in [3.05, 3.63) is 0 Å². The summed E-state index contributed by atoms with van der Waals surface area (Å²) in [4.78, 5) is 0. The second-order valence-corrected chi connectivity index (χ2v) is 5.93. The van der Waals surface area contributed by atoms with Gasteiger partial charge in [-0.2, -0.15) is 0 Å². The molecule has 4 rings (SSSR count). The normalized spacial score (nSPS) is 57.4. The summed E-state index contributed by atoms with van der Waals surface area (Å²) < 4.78 is 33.8. The van der Waals surface area contributed by atoms with Gasteiger partial charge in [-0.1, -0.05) is 0 Å². The van der Waals surface area contributed by atoms with Crippen LogP contribution >= 0.6 is 8.60 Å². The van der Waals surface area contributed by atoms with Gasteiger partial charge in [-0.15, -0.1) is 0 Å². The Morgan fingerprint density at radius 2 is 1.94 bits per heavy atom.